The van der Waals surface area contributed by atoms with Crippen molar-refractivity contribution in [1.82, 2.24) is 4.90 Å². The zero-order valence-corrected chi connectivity index (χ0v) is 14.7. The molecule has 0 spiro atoms. The number of aryl methyl sites for hydroxylation is 1. The molecular formula is C22H27NO. The number of rotatable bonds is 3. The summed E-state index contributed by atoms with van der Waals surface area (Å²) in [6.07, 6.45) is 4.11. The zero-order valence-electron chi connectivity index (χ0n) is 14.7. The fraction of sp³-hybridized carbons (Fsp3) is 0.455. The average Bonchev–Trinajstić information content (AvgIpc) is 2.88. The maximum absolute atomic E-state index is 11.3. The summed E-state index contributed by atoms with van der Waals surface area (Å²) in [7, 11) is 0. The van der Waals surface area contributed by atoms with E-state index < -0.39 is 5.60 Å². The molecule has 1 N–H and O–H groups in total. The smallest absolute Gasteiger partial charge is 0.0926 e. The quantitative estimate of drug-likeness (QED) is 0.895. The highest BCUT2D eigenvalue weighted by atomic mass is 16.3. The van der Waals surface area contributed by atoms with Gasteiger partial charge in [0.05, 0.1) is 5.60 Å². The van der Waals surface area contributed by atoms with Gasteiger partial charge >= 0.3 is 0 Å². The van der Waals surface area contributed by atoms with E-state index >= 15 is 0 Å². The van der Waals surface area contributed by atoms with E-state index in [-0.39, 0.29) is 0 Å². The first-order valence-corrected chi connectivity index (χ1v) is 9.19. The Hall–Kier alpha value is -1.64. The van der Waals surface area contributed by atoms with Crippen molar-refractivity contribution in [3.05, 3.63) is 71.3 Å². The lowest BCUT2D eigenvalue weighted by Gasteiger charge is -2.47. The molecule has 0 radical (unpaired) electrons. The second kappa shape index (κ2) is 6.02. The molecule has 2 heterocycles. The molecule has 2 aliphatic rings. The predicted molar refractivity (Wildman–Crippen MR) is 97.8 cm³/mol. The fourth-order valence-corrected chi connectivity index (χ4v) is 5.09. The molecule has 3 atom stereocenters. The van der Waals surface area contributed by atoms with Crippen LogP contribution in [0.4, 0.5) is 0 Å². The van der Waals surface area contributed by atoms with Gasteiger partial charge in [0.15, 0.2) is 0 Å². The number of piperidine rings is 1. The van der Waals surface area contributed by atoms with Crippen LogP contribution in [-0.4, -0.2) is 22.1 Å². The predicted octanol–water partition coefficient (Wildman–Crippen LogP) is 4.57. The highest BCUT2D eigenvalue weighted by Crippen LogP contribution is 2.48. The Morgan fingerprint density at radius 3 is 2.17 bits per heavy atom. The maximum Gasteiger partial charge on any atom is 0.0926 e. The summed E-state index contributed by atoms with van der Waals surface area (Å²) in [5.41, 5.74) is 3.23. The van der Waals surface area contributed by atoms with Crippen molar-refractivity contribution in [2.24, 2.45) is 0 Å². The van der Waals surface area contributed by atoms with Crippen LogP contribution in [0.15, 0.2) is 54.6 Å². The molecule has 0 aliphatic carbocycles. The summed E-state index contributed by atoms with van der Waals surface area (Å²) in [5, 5.41) is 11.3. The summed E-state index contributed by atoms with van der Waals surface area (Å²) in [4.78, 5) is 2.68. The Kier molecular flexibility index (Phi) is 3.98. The molecular weight excluding hydrogens is 294 g/mol. The van der Waals surface area contributed by atoms with Crippen LogP contribution in [0.3, 0.4) is 0 Å². The largest absolute Gasteiger partial charge is 0.385 e. The van der Waals surface area contributed by atoms with Crippen LogP contribution >= 0.6 is 0 Å². The van der Waals surface area contributed by atoms with Crippen molar-refractivity contribution >= 4 is 0 Å². The minimum Gasteiger partial charge on any atom is -0.385 e. The van der Waals surface area contributed by atoms with Gasteiger partial charge in [-0.15, -0.1) is 0 Å². The Bertz CT molecular complexity index is 697. The molecule has 2 fully saturated rings. The van der Waals surface area contributed by atoms with Gasteiger partial charge in [0.25, 0.3) is 0 Å². The summed E-state index contributed by atoms with van der Waals surface area (Å²) in [5.74, 6) is 0. The molecule has 0 saturated carbocycles. The molecule has 2 nitrogen and oxygen atoms in total. The van der Waals surface area contributed by atoms with Gasteiger partial charge in [0.1, 0.15) is 0 Å². The molecule has 2 saturated heterocycles. The SMILES string of the molecule is Cc1ccccc1C(C)N1C2CCC1CC(O)(c1ccccc1)C2. The van der Waals surface area contributed by atoms with Crippen molar-refractivity contribution in [3.8, 4) is 0 Å². The normalized spacial score (nSPS) is 31.1. The number of nitrogens with zero attached hydrogens (tertiary/aromatic N) is 1. The van der Waals surface area contributed by atoms with Crippen molar-refractivity contribution in [1.29, 1.82) is 0 Å². The van der Waals surface area contributed by atoms with Gasteiger partial charge in [0.2, 0.25) is 0 Å². The lowest BCUT2D eigenvalue weighted by molar-refractivity contribution is -0.0682. The summed E-state index contributed by atoms with van der Waals surface area (Å²) in [6.45, 7) is 4.54. The van der Waals surface area contributed by atoms with Crippen LogP contribution in [0, 0.1) is 6.92 Å². The van der Waals surface area contributed by atoms with Gasteiger partial charge in [-0.25, -0.2) is 0 Å². The van der Waals surface area contributed by atoms with E-state index in [9.17, 15) is 5.11 Å². The van der Waals surface area contributed by atoms with Gasteiger partial charge in [0, 0.05) is 18.1 Å². The van der Waals surface area contributed by atoms with Gasteiger partial charge < -0.3 is 5.11 Å². The number of fused-ring (bicyclic) bond motifs is 2. The summed E-state index contributed by atoms with van der Waals surface area (Å²) in [6, 6.07) is 20.4. The van der Waals surface area contributed by atoms with Crippen molar-refractivity contribution < 1.29 is 5.11 Å². The topological polar surface area (TPSA) is 23.5 Å². The Morgan fingerprint density at radius 1 is 0.958 bits per heavy atom. The molecule has 0 amide bonds. The third kappa shape index (κ3) is 2.58. The molecule has 2 aliphatic heterocycles. The molecule has 3 unspecified atom stereocenters. The number of hydrogen-bond acceptors (Lipinski definition) is 2. The molecule has 2 heteroatoms. The zero-order chi connectivity index (χ0) is 16.7. The molecule has 24 heavy (non-hydrogen) atoms. The lowest BCUT2D eigenvalue weighted by Crippen LogP contribution is -2.50. The van der Waals surface area contributed by atoms with E-state index in [1.165, 1.54) is 24.0 Å². The third-order valence-corrected chi connectivity index (χ3v) is 6.22. The van der Waals surface area contributed by atoms with Crippen LogP contribution in [-0.2, 0) is 5.60 Å². The molecule has 126 valence electrons. The first kappa shape index (κ1) is 15.9. The van der Waals surface area contributed by atoms with Crippen LogP contribution in [0.2, 0.25) is 0 Å². The van der Waals surface area contributed by atoms with Crippen LogP contribution in [0.5, 0.6) is 0 Å². The van der Waals surface area contributed by atoms with E-state index in [0.717, 1.165) is 18.4 Å². The van der Waals surface area contributed by atoms with E-state index in [2.05, 4.69) is 55.1 Å². The second-order valence-corrected chi connectivity index (χ2v) is 7.67. The maximum atomic E-state index is 11.3. The Labute approximate surface area is 145 Å². The molecule has 2 aromatic carbocycles. The third-order valence-electron chi connectivity index (χ3n) is 6.22. The minimum atomic E-state index is -0.658. The number of benzene rings is 2. The minimum absolute atomic E-state index is 0.420. The Balaban J connectivity index is 1.61. The first-order chi connectivity index (χ1) is 11.6. The van der Waals surface area contributed by atoms with Gasteiger partial charge in [-0.05, 0) is 56.2 Å². The van der Waals surface area contributed by atoms with Crippen LogP contribution < -0.4 is 0 Å². The lowest BCUT2D eigenvalue weighted by atomic mass is 9.79. The Morgan fingerprint density at radius 2 is 1.54 bits per heavy atom. The van der Waals surface area contributed by atoms with Crippen LogP contribution in [0.25, 0.3) is 0 Å². The highest BCUT2D eigenvalue weighted by molar-refractivity contribution is 5.30. The van der Waals surface area contributed by atoms with Crippen LogP contribution in [0.1, 0.15) is 55.3 Å². The molecule has 2 bridgehead atoms. The van der Waals surface area contributed by atoms with Crippen molar-refractivity contribution in [2.75, 3.05) is 0 Å². The van der Waals surface area contributed by atoms with Crippen molar-refractivity contribution in [2.45, 2.75) is 63.3 Å². The van der Waals surface area contributed by atoms with Crippen molar-refractivity contribution in [3.63, 3.8) is 0 Å². The molecule has 2 aromatic rings. The fourth-order valence-electron chi connectivity index (χ4n) is 5.09. The van der Waals surface area contributed by atoms with Gasteiger partial charge in [-0.2, -0.15) is 0 Å². The summed E-state index contributed by atoms with van der Waals surface area (Å²) >= 11 is 0. The van der Waals surface area contributed by atoms with E-state index in [0.29, 0.717) is 18.1 Å². The summed E-state index contributed by atoms with van der Waals surface area (Å²) < 4.78 is 0. The second-order valence-electron chi connectivity index (χ2n) is 7.67. The highest BCUT2D eigenvalue weighted by Gasteiger charge is 2.49. The average molecular weight is 321 g/mol. The van der Waals surface area contributed by atoms with E-state index in [1.807, 2.05) is 18.2 Å². The van der Waals surface area contributed by atoms with Gasteiger partial charge in [-0.1, -0.05) is 54.6 Å². The first-order valence-electron chi connectivity index (χ1n) is 9.19. The number of aliphatic hydroxyl groups is 1. The van der Waals surface area contributed by atoms with E-state index in [1.54, 1.807) is 0 Å². The standard InChI is InChI=1S/C22H27NO/c1-16-8-6-7-11-21(16)17(2)23-19-12-13-20(23)15-22(24,14-19)18-9-4-3-5-10-18/h3-11,17,19-20,24H,12-15H2,1-2H3. The monoisotopic (exact) mass is 321 g/mol. The number of hydrogen-bond donors (Lipinski definition) is 1. The van der Waals surface area contributed by atoms with E-state index in [4.69, 9.17) is 0 Å². The van der Waals surface area contributed by atoms with Gasteiger partial charge in [-0.3, -0.25) is 4.90 Å². The molecule has 0 aromatic heterocycles. The molecule has 4 rings (SSSR count).